The molecule has 2 N–H and O–H groups in total. The number of rotatable bonds is 1. The maximum atomic E-state index is 12.3. The second kappa shape index (κ2) is 3.11. The molecule has 2 bridgehead atoms. The molecule has 1 saturated carbocycles. The van der Waals surface area contributed by atoms with E-state index in [4.69, 9.17) is 0 Å². The van der Waals surface area contributed by atoms with Crippen LogP contribution in [0.15, 0.2) is 29.6 Å². The van der Waals surface area contributed by atoms with Crippen LogP contribution in [-0.4, -0.2) is 25.4 Å². The fourth-order valence-electron chi connectivity index (χ4n) is 3.11. The van der Waals surface area contributed by atoms with E-state index in [1.165, 1.54) is 10.9 Å². The van der Waals surface area contributed by atoms with Crippen LogP contribution in [-0.2, 0) is 10.3 Å². The van der Waals surface area contributed by atoms with E-state index >= 15 is 0 Å². The Kier molecular flexibility index (Phi) is 1.72. The number of allylic oxidation sites excluding steroid dienone is 1. The summed E-state index contributed by atoms with van der Waals surface area (Å²) in [6.45, 7) is 3.83. The monoisotopic (exact) mass is 257 g/mol. The van der Waals surface area contributed by atoms with Crippen LogP contribution in [0, 0.1) is 5.92 Å². The average molecular weight is 257 g/mol. The van der Waals surface area contributed by atoms with Gasteiger partial charge in [-0.05, 0) is 12.8 Å². The molecule has 0 atom stereocenters. The minimum Gasteiger partial charge on any atom is -0.328 e. The van der Waals surface area contributed by atoms with Gasteiger partial charge >= 0.3 is 5.69 Å². The molecule has 3 aliphatic rings. The van der Waals surface area contributed by atoms with E-state index < -0.39 is 5.54 Å². The van der Waals surface area contributed by atoms with E-state index in [1.54, 1.807) is 6.20 Å². The topological polar surface area (TPSA) is 92.7 Å². The molecule has 19 heavy (non-hydrogen) atoms. The largest absolute Gasteiger partial charge is 0.328 e. The van der Waals surface area contributed by atoms with Gasteiger partial charge in [-0.1, -0.05) is 6.58 Å². The molecule has 7 heteroatoms. The molecular weight excluding hydrogens is 246 g/mol. The first kappa shape index (κ1) is 10.5. The highest BCUT2D eigenvalue weighted by Gasteiger charge is 2.57. The minimum atomic E-state index is -0.814. The number of piperidine rings is 2. The maximum Gasteiger partial charge on any atom is 0.328 e. The molecule has 0 aromatic carbocycles. The number of H-pyrrole nitrogens is 1. The van der Waals surface area contributed by atoms with Crippen LogP contribution in [0.5, 0.6) is 0 Å². The number of hydrogen-bond acceptors (Lipinski definition) is 4. The van der Waals surface area contributed by atoms with Crippen molar-refractivity contribution in [3.8, 4) is 0 Å². The summed E-state index contributed by atoms with van der Waals surface area (Å²) in [7, 11) is 0. The van der Waals surface area contributed by atoms with Crippen molar-refractivity contribution in [2.75, 3.05) is 0 Å². The number of aromatic amines is 1. The Labute approximate surface area is 107 Å². The van der Waals surface area contributed by atoms with Crippen molar-refractivity contribution < 1.29 is 4.79 Å². The van der Waals surface area contributed by atoms with E-state index in [0.717, 1.165) is 5.70 Å². The summed E-state index contributed by atoms with van der Waals surface area (Å²) in [4.78, 5) is 35.0. The van der Waals surface area contributed by atoms with Crippen molar-refractivity contribution in [2.45, 2.75) is 18.4 Å². The van der Waals surface area contributed by atoms with Crippen LogP contribution >= 0.6 is 0 Å². The van der Waals surface area contributed by atoms with Crippen LogP contribution in [0.25, 0.3) is 11.2 Å². The van der Waals surface area contributed by atoms with Crippen LogP contribution < -0.4 is 11.0 Å². The first-order chi connectivity index (χ1) is 9.12. The molecular formula is C12H11N5O2. The van der Waals surface area contributed by atoms with E-state index in [1.807, 2.05) is 0 Å². The van der Waals surface area contributed by atoms with Gasteiger partial charge in [-0.3, -0.25) is 14.3 Å². The van der Waals surface area contributed by atoms with Gasteiger partial charge in [0.1, 0.15) is 17.4 Å². The molecule has 96 valence electrons. The van der Waals surface area contributed by atoms with Gasteiger partial charge < -0.3 is 5.32 Å². The molecule has 5 rings (SSSR count). The fraction of sp³-hybridized carbons (Fsp3) is 0.333. The highest BCUT2D eigenvalue weighted by Crippen LogP contribution is 2.50. The number of amides is 1. The zero-order valence-corrected chi connectivity index (χ0v) is 10.0. The van der Waals surface area contributed by atoms with Gasteiger partial charge in [0.2, 0.25) is 0 Å². The van der Waals surface area contributed by atoms with Crippen molar-refractivity contribution in [1.82, 2.24) is 24.8 Å². The summed E-state index contributed by atoms with van der Waals surface area (Å²) < 4.78 is 1.49. The maximum absolute atomic E-state index is 12.3. The second-order valence-electron chi connectivity index (χ2n) is 5.14. The van der Waals surface area contributed by atoms with Crippen molar-refractivity contribution in [1.29, 1.82) is 0 Å². The van der Waals surface area contributed by atoms with E-state index in [2.05, 4.69) is 26.8 Å². The lowest BCUT2D eigenvalue weighted by Crippen LogP contribution is -2.64. The highest BCUT2D eigenvalue weighted by atomic mass is 16.2. The summed E-state index contributed by atoms with van der Waals surface area (Å²) in [5.74, 6) is 0.0750. The van der Waals surface area contributed by atoms with Gasteiger partial charge in [-0.2, -0.15) is 0 Å². The van der Waals surface area contributed by atoms with Crippen LogP contribution in [0.1, 0.15) is 12.8 Å². The molecule has 2 aliphatic heterocycles. The number of hydrogen-bond donors (Lipinski definition) is 2. The highest BCUT2D eigenvalue weighted by molar-refractivity contribution is 5.91. The number of fused-ring (bicyclic) bond motifs is 3. The van der Waals surface area contributed by atoms with Crippen LogP contribution in [0.2, 0.25) is 0 Å². The smallest absolute Gasteiger partial charge is 0.328 e. The summed E-state index contributed by atoms with van der Waals surface area (Å²) in [5.41, 5.74) is 0.627. The van der Waals surface area contributed by atoms with E-state index in [-0.39, 0.29) is 17.5 Å². The van der Waals surface area contributed by atoms with Crippen molar-refractivity contribution >= 4 is 17.1 Å². The Bertz CT molecular complexity index is 781. The summed E-state index contributed by atoms with van der Waals surface area (Å²) in [5, 5.41) is 2.75. The van der Waals surface area contributed by atoms with E-state index in [0.29, 0.717) is 24.0 Å². The molecule has 4 heterocycles. The number of nitrogens with zero attached hydrogens (tertiary/aromatic N) is 3. The van der Waals surface area contributed by atoms with Crippen LogP contribution in [0.3, 0.4) is 0 Å². The van der Waals surface area contributed by atoms with Crippen LogP contribution in [0.4, 0.5) is 0 Å². The van der Waals surface area contributed by atoms with Crippen molar-refractivity contribution in [2.24, 2.45) is 5.92 Å². The molecule has 0 unspecified atom stereocenters. The Morgan fingerprint density at radius 1 is 1.42 bits per heavy atom. The third-order valence-electron chi connectivity index (χ3n) is 4.15. The van der Waals surface area contributed by atoms with Gasteiger partial charge in [-0.15, -0.1) is 0 Å². The Morgan fingerprint density at radius 3 is 2.95 bits per heavy atom. The average Bonchev–Trinajstić information content (AvgIpc) is 2.64. The molecule has 1 aliphatic carbocycles. The molecule has 0 radical (unpaired) electrons. The molecule has 0 spiro atoms. The molecule has 2 aromatic rings. The van der Waals surface area contributed by atoms with Crippen molar-refractivity contribution in [3.63, 3.8) is 0 Å². The Balaban J connectivity index is 1.97. The lowest BCUT2D eigenvalue weighted by atomic mass is 9.63. The predicted molar refractivity (Wildman–Crippen MR) is 66.1 cm³/mol. The summed E-state index contributed by atoms with van der Waals surface area (Å²) in [6, 6.07) is 0. The quantitative estimate of drug-likeness (QED) is 0.744. The molecule has 7 nitrogen and oxygen atoms in total. The fourth-order valence-corrected chi connectivity index (χ4v) is 3.11. The van der Waals surface area contributed by atoms with Gasteiger partial charge in [0, 0.05) is 11.6 Å². The lowest BCUT2D eigenvalue weighted by Gasteiger charge is -2.51. The predicted octanol–water partition coefficient (Wildman–Crippen LogP) is -0.132. The Hall–Kier alpha value is -2.44. The summed E-state index contributed by atoms with van der Waals surface area (Å²) >= 11 is 0. The third-order valence-corrected chi connectivity index (χ3v) is 4.15. The standard InChI is InChI=1S/C12H11N5O2/c1-6-7-2-12(3-7,10(18)15-6)17-8-4-13-5-14-9(8)16-11(17)19/h4-5,7H,1-3H2,(H,15,18)(H,13,14,16,19). The second-order valence-corrected chi connectivity index (χ2v) is 5.14. The normalized spacial score (nSPS) is 29.2. The third kappa shape index (κ3) is 1.12. The van der Waals surface area contributed by atoms with Crippen molar-refractivity contribution in [3.05, 3.63) is 35.3 Å². The van der Waals surface area contributed by atoms with Gasteiger partial charge in [-0.25, -0.2) is 14.8 Å². The number of carbonyl (C=O) groups is 1. The lowest BCUT2D eigenvalue weighted by molar-refractivity contribution is -0.140. The number of aromatic nitrogens is 4. The van der Waals surface area contributed by atoms with Gasteiger partial charge in [0.05, 0.1) is 6.20 Å². The zero-order chi connectivity index (χ0) is 13.2. The Morgan fingerprint density at radius 2 is 2.21 bits per heavy atom. The minimum absolute atomic E-state index is 0.174. The number of carbonyl (C=O) groups excluding carboxylic acids is 1. The van der Waals surface area contributed by atoms with E-state index in [9.17, 15) is 9.59 Å². The van der Waals surface area contributed by atoms with Gasteiger partial charge in [0.15, 0.2) is 5.65 Å². The first-order valence-corrected chi connectivity index (χ1v) is 6.03. The molecule has 3 fully saturated rings. The first-order valence-electron chi connectivity index (χ1n) is 6.03. The SMILES string of the molecule is C=C1NC(=O)C2(n3c(=O)[nH]c4ncncc43)CC1C2. The number of imidazole rings is 1. The van der Waals surface area contributed by atoms with Gasteiger partial charge in [0.25, 0.3) is 5.91 Å². The zero-order valence-electron chi connectivity index (χ0n) is 10.0. The molecule has 2 saturated heterocycles. The molecule has 2 aromatic heterocycles. The number of nitrogens with one attached hydrogen (secondary N) is 2. The molecule has 1 amide bonds. The summed E-state index contributed by atoms with van der Waals surface area (Å²) in [6.07, 6.45) is 4.14.